The number of hydrogen-bond donors (Lipinski definition) is 1. The van der Waals surface area contributed by atoms with E-state index in [1.807, 2.05) is 39.1 Å². The minimum Gasteiger partial charge on any atom is -0.461 e. The predicted octanol–water partition coefficient (Wildman–Crippen LogP) is 3.11. The van der Waals surface area contributed by atoms with E-state index < -0.39 is 0 Å². The summed E-state index contributed by atoms with van der Waals surface area (Å²) in [5.74, 6) is 1.62. The number of rotatable bonds is 3. The van der Waals surface area contributed by atoms with Gasteiger partial charge >= 0.3 is 0 Å². The number of hydrogen-bond acceptors (Lipinski definition) is 3. The van der Waals surface area contributed by atoms with E-state index in [9.17, 15) is 0 Å². The molecule has 4 heteroatoms. The molecule has 4 nitrogen and oxygen atoms in total. The highest BCUT2D eigenvalue weighted by atomic mass is 16.3. The lowest BCUT2D eigenvalue weighted by Crippen LogP contribution is -2.34. The minimum atomic E-state index is -0.212. The first-order valence-corrected chi connectivity index (χ1v) is 6.72. The van der Waals surface area contributed by atoms with Gasteiger partial charge in [0.25, 0.3) is 0 Å². The quantitative estimate of drug-likeness (QED) is 0.794. The molecule has 0 radical (unpaired) electrons. The lowest BCUT2D eigenvalue weighted by atomic mass is 9.96. The average molecular weight is 269 g/mol. The molecule has 0 aliphatic heterocycles. The molecule has 0 bridgehead atoms. The summed E-state index contributed by atoms with van der Waals surface area (Å²) in [7, 11) is 2.00. The Bertz CT molecular complexity index is 733. The second-order valence-electron chi connectivity index (χ2n) is 5.96. The van der Waals surface area contributed by atoms with Crippen molar-refractivity contribution in [2.24, 2.45) is 12.8 Å². The van der Waals surface area contributed by atoms with Crippen LogP contribution in [-0.4, -0.2) is 15.1 Å². The molecule has 20 heavy (non-hydrogen) atoms. The van der Waals surface area contributed by atoms with E-state index >= 15 is 0 Å². The largest absolute Gasteiger partial charge is 0.461 e. The molecule has 0 amide bonds. The normalized spacial score (nSPS) is 12.2. The number of imidazole rings is 1. The Hall–Kier alpha value is -2.07. The van der Waals surface area contributed by atoms with E-state index in [-0.39, 0.29) is 5.54 Å². The van der Waals surface area contributed by atoms with Gasteiger partial charge in [-0.2, -0.15) is 0 Å². The van der Waals surface area contributed by atoms with Crippen molar-refractivity contribution in [3.8, 4) is 11.6 Å². The van der Waals surface area contributed by atoms with Crippen LogP contribution in [0.25, 0.3) is 22.6 Å². The van der Waals surface area contributed by atoms with E-state index in [1.165, 1.54) is 5.56 Å². The number of furan rings is 1. The first-order chi connectivity index (χ1) is 9.44. The van der Waals surface area contributed by atoms with Crippen molar-refractivity contribution in [2.75, 3.05) is 0 Å². The van der Waals surface area contributed by atoms with E-state index in [0.717, 1.165) is 29.0 Å². The number of nitrogens with two attached hydrogens (primary N) is 1. The molecule has 104 valence electrons. The van der Waals surface area contributed by atoms with Gasteiger partial charge in [0.15, 0.2) is 11.6 Å². The molecular weight excluding hydrogens is 250 g/mol. The highest BCUT2D eigenvalue weighted by molar-refractivity contribution is 5.80. The molecule has 0 saturated carbocycles. The van der Waals surface area contributed by atoms with Gasteiger partial charge in [-0.15, -0.1) is 0 Å². The molecule has 0 atom stereocenters. The van der Waals surface area contributed by atoms with Crippen LogP contribution in [0.3, 0.4) is 0 Å². The van der Waals surface area contributed by atoms with Crippen molar-refractivity contribution in [1.29, 1.82) is 0 Å². The number of aryl methyl sites for hydroxylation is 1. The van der Waals surface area contributed by atoms with Gasteiger partial charge < -0.3 is 14.7 Å². The maximum atomic E-state index is 6.09. The Labute approximate surface area is 118 Å². The van der Waals surface area contributed by atoms with Crippen molar-refractivity contribution in [1.82, 2.24) is 9.55 Å². The summed E-state index contributed by atoms with van der Waals surface area (Å²) in [5.41, 5.74) is 9.17. The van der Waals surface area contributed by atoms with E-state index in [2.05, 4.69) is 21.7 Å². The molecule has 3 aromatic rings. The SMILES string of the molecule is Cn1c(-c2ccco2)nc2ccc(CC(C)(C)N)cc21. The highest BCUT2D eigenvalue weighted by Crippen LogP contribution is 2.25. The average Bonchev–Trinajstić information content (AvgIpc) is 2.96. The van der Waals surface area contributed by atoms with Gasteiger partial charge in [0.1, 0.15) is 0 Å². The van der Waals surface area contributed by atoms with Crippen LogP contribution in [0.1, 0.15) is 19.4 Å². The monoisotopic (exact) mass is 269 g/mol. The Morgan fingerprint density at radius 1 is 1.30 bits per heavy atom. The molecule has 2 aromatic heterocycles. The second kappa shape index (κ2) is 4.49. The maximum Gasteiger partial charge on any atom is 0.176 e. The standard InChI is InChI=1S/C16H19N3O/c1-16(2,17)10-11-6-7-12-13(9-11)19(3)15(18-12)14-5-4-8-20-14/h4-9H,10,17H2,1-3H3. The zero-order valence-electron chi connectivity index (χ0n) is 12.1. The number of nitrogens with zero attached hydrogens (tertiary/aromatic N) is 2. The highest BCUT2D eigenvalue weighted by Gasteiger charge is 2.15. The molecule has 1 aromatic carbocycles. The van der Waals surface area contributed by atoms with Crippen molar-refractivity contribution < 1.29 is 4.42 Å². The Morgan fingerprint density at radius 2 is 2.10 bits per heavy atom. The van der Waals surface area contributed by atoms with Gasteiger partial charge in [-0.1, -0.05) is 6.07 Å². The number of aromatic nitrogens is 2. The third-order valence-electron chi connectivity index (χ3n) is 3.35. The van der Waals surface area contributed by atoms with Gasteiger partial charge in [0.05, 0.1) is 17.3 Å². The minimum absolute atomic E-state index is 0.212. The van der Waals surface area contributed by atoms with Gasteiger partial charge in [-0.25, -0.2) is 4.98 Å². The van der Waals surface area contributed by atoms with Crippen molar-refractivity contribution in [3.63, 3.8) is 0 Å². The molecule has 0 spiro atoms. The molecule has 0 aliphatic rings. The van der Waals surface area contributed by atoms with Crippen molar-refractivity contribution in [3.05, 3.63) is 42.2 Å². The fraction of sp³-hybridized carbons (Fsp3) is 0.312. The molecular formula is C16H19N3O. The molecule has 0 aliphatic carbocycles. The van der Waals surface area contributed by atoms with Crippen molar-refractivity contribution in [2.45, 2.75) is 25.8 Å². The smallest absolute Gasteiger partial charge is 0.176 e. The number of benzene rings is 1. The van der Waals surface area contributed by atoms with Crippen LogP contribution in [0.4, 0.5) is 0 Å². The first kappa shape index (κ1) is 12.9. The van der Waals surface area contributed by atoms with Crippen LogP contribution in [0.15, 0.2) is 41.0 Å². The lowest BCUT2D eigenvalue weighted by molar-refractivity contribution is 0.517. The van der Waals surface area contributed by atoms with Gasteiger partial charge in [0.2, 0.25) is 0 Å². The summed E-state index contributed by atoms with van der Waals surface area (Å²) in [5, 5.41) is 0. The summed E-state index contributed by atoms with van der Waals surface area (Å²) in [4.78, 5) is 4.63. The molecule has 2 N–H and O–H groups in total. The zero-order valence-corrected chi connectivity index (χ0v) is 12.1. The fourth-order valence-corrected chi connectivity index (χ4v) is 2.50. The topological polar surface area (TPSA) is 57.0 Å². The van der Waals surface area contributed by atoms with Crippen LogP contribution >= 0.6 is 0 Å². The molecule has 2 heterocycles. The third-order valence-corrected chi connectivity index (χ3v) is 3.35. The molecule has 3 rings (SSSR count). The Balaban J connectivity index is 2.09. The summed E-state index contributed by atoms with van der Waals surface area (Å²) in [6.07, 6.45) is 2.50. The fourth-order valence-electron chi connectivity index (χ4n) is 2.50. The van der Waals surface area contributed by atoms with Crippen molar-refractivity contribution >= 4 is 11.0 Å². The predicted molar refractivity (Wildman–Crippen MR) is 80.4 cm³/mol. The molecule has 0 fully saturated rings. The van der Waals surface area contributed by atoms with Crippen LogP contribution < -0.4 is 5.73 Å². The Morgan fingerprint density at radius 3 is 2.75 bits per heavy atom. The maximum absolute atomic E-state index is 6.09. The van der Waals surface area contributed by atoms with Crippen LogP contribution in [0.2, 0.25) is 0 Å². The van der Waals surface area contributed by atoms with E-state index in [1.54, 1.807) is 6.26 Å². The van der Waals surface area contributed by atoms with E-state index in [4.69, 9.17) is 10.2 Å². The van der Waals surface area contributed by atoms with Gasteiger partial charge in [-0.05, 0) is 50.1 Å². The van der Waals surface area contributed by atoms with Crippen LogP contribution in [0, 0.1) is 0 Å². The second-order valence-corrected chi connectivity index (χ2v) is 5.96. The van der Waals surface area contributed by atoms with Gasteiger partial charge in [0, 0.05) is 12.6 Å². The van der Waals surface area contributed by atoms with Gasteiger partial charge in [-0.3, -0.25) is 0 Å². The first-order valence-electron chi connectivity index (χ1n) is 6.72. The third kappa shape index (κ3) is 2.34. The Kier molecular flexibility index (Phi) is 2.91. The summed E-state index contributed by atoms with van der Waals surface area (Å²) < 4.78 is 7.49. The summed E-state index contributed by atoms with van der Waals surface area (Å²) in [6.45, 7) is 4.07. The van der Waals surface area contributed by atoms with Crippen LogP contribution in [-0.2, 0) is 13.5 Å². The van der Waals surface area contributed by atoms with E-state index in [0.29, 0.717) is 0 Å². The molecule has 0 unspecified atom stereocenters. The summed E-state index contributed by atoms with van der Waals surface area (Å²) in [6, 6.07) is 10.1. The lowest BCUT2D eigenvalue weighted by Gasteiger charge is -2.18. The summed E-state index contributed by atoms with van der Waals surface area (Å²) >= 11 is 0. The zero-order chi connectivity index (χ0) is 14.3. The van der Waals surface area contributed by atoms with Crippen LogP contribution in [0.5, 0.6) is 0 Å². The molecule has 0 saturated heterocycles. The number of fused-ring (bicyclic) bond motifs is 1.